The van der Waals surface area contributed by atoms with E-state index in [1.54, 1.807) is 0 Å². The van der Waals surface area contributed by atoms with E-state index in [-0.39, 0.29) is 0 Å². The highest BCUT2D eigenvalue weighted by molar-refractivity contribution is 7.26. The Kier molecular flexibility index (Phi) is 6.02. The summed E-state index contributed by atoms with van der Waals surface area (Å²) in [6.07, 6.45) is 8.90. The maximum Gasteiger partial charge on any atom is 0.143 e. The smallest absolute Gasteiger partial charge is 0.143 e. The lowest BCUT2D eigenvalue weighted by Crippen LogP contribution is -1.92. The first-order valence-electron chi connectivity index (χ1n) is 17.4. The van der Waals surface area contributed by atoms with Gasteiger partial charge in [0.2, 0.25) is 0 Å². The Morgan fingerprint density at radius 2 is 1.02 bits per heavy atom. The van der Waals surface area contributed by atoms with Crippen molar-refractivity contribution in [2.45, 2.75) is 12.8 Å². The van der Waals surface area contributed by atoms with Crippen molar-refractivity contribution in [3.05, 3.63) is 163 Å². The van der Waals surface area contributed by atoms with E-state index in [0.717, 1.165) is 24.0 Å². The van der Waals surface area contributed by atoms with Crippen molar-refractivity contribution >= 4 is 91.3 Å². The fraction of sp³-hybridized carbons (Fsp3) is 0.0417. The molecule has 0 atom stereocenters. The molecule has 2 aromatic heterocycles. The quantitative estimate of drug-likeness (QED) is 0.173. The summed E-state index contributed by atoms with van der Waals surface area (Å²) in [5.74, 6) is 0. The van der Waals surface area contributed by atoms with Crippen molar-refractivity contribution in [2.75, 3.05) is 0 Å². The standard InChI is InChI=1S/C48H30OS/c1-2-10-29(11-3-1)30-18-20-31(21-19-30)45-34-13-4-6-15-36(34)46(37-16-7-5-14-35(37)45)32-22-27-44-42(28-32)41-26-24-39-40(48(41)50-44)25-23-38-33-12-8-9-17-43(33)49-47(38)39/h1-2,4-10,12-28H,3,11H2. The van der Waals surface area contributed by atoms with Crippen molar-refractivity contribution < 1.29 is 4.42 Å². The van der Waals surface area contributed by atoms with Gasteiger partial charge in [-0.15, -0.1) is 11.3 Å². The zero-order valence-electron chi connectivity index (χ0n) is 27.2. The van der Waals surface area contributed by atoms with E-state index in [1.807, 2.05) is 17.4 Å². The van der Waals surface area contributed by atoms with E-state index in [2.05, 4.69) is 152 Å². The minimum atomic E-state index is 0.938. The Morgan fingerprint density at radius 1 is 0.460 bits per heavy atom. The van der Waals surface area contributed by atoms with Crippen molar-refractivity contribution in [1.82, 2.24) is 0 Å². The van der Waals surface area contributed by atoms with Crippen molar-refractivity contribution in [2.24, 2.45) is 0 Å². The predicted molar refractivity (Wildman–Crippen MR) is 216 cm³/mol. The van der Waals surface area contributed by atoms with Gasteiger partial charge in [0, 0.05) is 41.7 Å². The second kappa shape index (κ2) is 10.8. The van der Waals surface area contributed by atoms with Crippen molar-refractivity contribution in [3.8, 4) is 22.3 Å². The van der Waals surface area contributed by atoms with Gasteiger partial charge in [0.05, 0.1) is 0 Å². The maximum atomic E-state index is 6.42. The summed E-state index contributed by atoms with van der Waals surface area (Å²) in [6, 6.07) is 51.6. The van der Waals surface area contributed by atoms with Crippen LogP contribution in [0.3, 0.4) is 0 Å². The topological polar surface area (TPSA) is 13.1 Å². The molecule has 0 fully saturated rings. The molecule has 8 aromatic carbocycles. The van der Waals surface area contributed by atoms with Crippen molar-refractivity contribution in [1.29, 1.82) is 0 Å². The van der Waals surface area contributed by atoms with Crippen LogP contribution in [-0.2, 0) is 0 Å². The number of para-hydroxylation sites is 1. The van der Waals surface area contributed by atoms with Crippen LogP contribution in [0, 0.1) is 0 Å². The number of benzene rings is 8. The van der Waals surface area contributed by atoms with Gasteiger partial charge < -0.3 is 4.42 Å². The minimum Gasteiger partial charge on any atom is -0.455 e. The molecule has 234 valence electrons. The van der Waals surface area contributed by atoms with Crippen LogP contribution < -0.4 is 0 Å². The molecule has 1 aliphatic rings. The van der Waals surface area contributed by atoms with Gasteiger partial charge >= 0.3 is 0 Å². The largest absolute Gasteiger partial charge is 0.455 e. The average molecular weight is 655 g/mol. The molecule has 0 N–H and O–H groups in total. The molecule has 50 heavy (non-hydrogen) atoms. The molecule has 0 spiro atoms. The lowest BCUT2D eigenvalue weighted by atomic mass is 9.85. The summed E-state index contributed by atoms with van der Waals surface area (Å²) in [6.45, 7) is 0. The molecular weight excluding hydrogens is 625 g/mol. The molecule has 1 nitrogen and oxygen atoms in total. The van der Waals surface area contributed by atoms with Crippen LogP contribution in [0.25, 0.3) is 102 Å². The first kappa shape index (κ1) is 27.9. The molecule has 2 heteroatoms. The normalized spacial score (nSPS) is 13.5. The van der Waals surface area contributed by atoms with Gasteiger partial charge in [0.1, 0.15) is 11.2 Å². The fourth-order valence-electron chi connectivity index (χ4n) is 8.42. The van der Waals surface area contributed by atoms with E-state index in [0.29, 0.717) is 0 Å². The molecule has 10 aromatic rings. The van der Waals surface area contributed by atoms with Gasteiger partial charge in [-0.25, -0.2) is 0 Å². The molecule has 11 rings (SSSR count). The Bertz CT molecular complexity index is 3020. The second-order valence-corrected chi connectivity index (χ2v) is 14.5. The van der Waals surface area contributed by atoms with Crippen LogP contribution in [0.4, 0.5) is 0 Å². The minimum absolute atomic E-state index is 0.938. The van der Waals surface area contributed by atoms with E-state index in [4.69, 9.17) is 4.42 Å². The van der Waals surface area contributed by atoms with Gasteiger partial charge in [-0.2, -0.15) is 0 Å². The van der Waals surface area contributed by atoms with Gasteiger partial charge in [-0.05, 0) is 98.1 Å². The molecule has 0 radical (unpaired) electrons. The Hall–Kier alpha value is -5.96. The predicted octanol–water partition coefficient (Wildman–Crippen LogP) is 14.5. The Labute approximate surface area is 293 Å². The number of fused-ring (bicyclic) bond motifs is 11. The maximum absolute atomic E-state index is 6.42. The SMILES string of the molecule is C1=CCCC(c2ccc(-c3c4ccccc4c(-c4ccc5sc6c(ccc7c6ccc6c8ccccc8oc67)c5c4)c4ccccc34)cc2)=C1. The highest BCUT2D eigenvalue weighted by Gasteiger charge is 2.19. The molecule has 2 heterocycles. The number of allylic oxidation sites excluding steroid dienone is 4. The van der Waals surface area contributed by atoms with Crippen LogP contribution in [0.1, 0.15) is 18.4 Å². The molecule has 0 bridgehead atoms. The summed E-state index contributed by atoms with van der Waals surface area (Å²) in [5, 5.41) is 12.5. The highest BCUT2D eigenvalue weighted by Crippen LogP contribution is 2.47. The van der Waals surface area contributed by atoms with E-state index >= 15 is 0 Å². The van der Waals surface area contributed by atoms with Crippen molar-refractivity contribution in [3.63, 3.8) is 0 Å². The molecule has 0 aliphatic heterocycles. The number of furan rings is 1. The summed E-state index contributed by atoms with van der Waals surface area (Å²) in [5.41, 5.74) is 9.73. The zero-order valence-corrected chi connectivity index (χ0v) is 28.1. The van der Waals surface area contributed by atoms with Crippen LogP contribution in [0.5, 0.6) is 0 Å². The summed E-state index contributed by atoms with van der Waals surface area (Å²) in [4.78, 5) is 0. The second-order valence-electron chi connectivity index (χ2n) is 13.5. The van der Waals surface area contributed by atoms with Crippen LogP contribution >= 0.6 is 11.3 Å². The van der Waals surface area contributed by atoms with E-state index in [9.17, 15) is 0 Å². The lowest BCUT2D eigenvalue weighted by molar-refractivity contribution is 0.672. The molecule has 0 amide bonds. The molecule has 1 aliphatic carbocycles. The Morgan fingerprint density at radius 3 is 1.70 bits per heavy atom. The van der Waals surface area contributed by atoms with Gasteiger partial charge in [0.25, 0.3) is 0 Å². The number of hydrogen-bond acceptors (Lipinski definition) is 2. The summed E-state index contributed by atoms with van der Waals surface area (Å²) < 4.78 is 9.03. The van der Waals surface area contributed by atoms with Crippen LogP contribution in [0.2, 0.25) is 0 Å². The van der Waals surface area contributed by atoms with Crippen LogP contribution in [-0.4, -0.2) is 0 Å². The highest BCUT2D eigenvalue weighted by atomic mass is 32.1. The lowest BCUT2D eigenvalue weighted by Gasteiger charge is -2.18. The van der Waals surface area contributed by atoms with Crippen LogP contribution in [0.15, 0.2) is 162 Å². The molecule has 0 unspecified atom stereocenters. The first-order valence-corrected chi connectivity index (χ1v) is 18.2. The summed E-state index contributed by atoms with van der Waals surface area (Å²) >= 11 is 1.88. The Balaban J connectivity index is 1.12. The number of rotatable bonds is 3. The zero-order chi connectivity index (χ0) is 32.8. The summed E-state index contributed by atoms with van der Waals surface area (Å²) in [7, 11) is 0. The van der Waals surface area contributed by atoms with Gasteiger partial charge in [0.15, 0.2) is 0 Å². The average Bonchev–Trinajstić information content (AvgIpc) is 3.76. The third-order valence-corrected chi connectivity index (χ3v) is 12.0. The van der Waals surface area contributed by atoms with Gasteiger partial charge in [-0.1, -0.05) is 127 Å². The molecule has 0 saturated heterocycles. The molecule has 0 saturated carbocycles. The van der Waals surface area contributed by atoms with E-state index in [1.165, 1.54) is 96.7 Å². The number of thiophene rings is 1. The molecular formula is C48H30OS. The van der Waals surface area contributed by atoms with E-state index < -0.39 is 0 Å². The number of hydrogen-bond donors (Lipinski definition) is 0. The third kappa shape index (κ3) is 4.06. The fourth-order valence-corrected chi connectivity index (χ4v) is 9.63. The third-order valence-electron chi connectivity index (χ3n) is 10.8. The first-order chi connectivity index (χ1) is 24.8. The van der Waals surface area contributed by atoms with Gasteiger partial charge in [-0.3, -0.25) is 0 Å². The monoisotopic (exact) mass is 654 g/mol.